The monoisotopic (exact) mass is 527 g/mol. The van der Waals surface area contributed by atoms with Crippen LogP contribution < -0.4 is 0 Å². The molecule has 0 aromatic heterocycles. The van der Waals surface area contributed by atoms with Crippen LogP contribution in [0.1, 0.15) is 58.2 Å². The molecule has 0 amide bonds. The topological polar surface area (TPSA) is 9.23 Å². The maximum absolute atomic E-state index is 6.43. The SMILES string of the molecule is C[Si](C)OCc1c(-c2ccc3c4cccc5cccc(c6cccc2c63)c54)cc(C(C)(C)C)cc1C(C)(C)C. The average molecular weight is 528 g/mol. The van der Waals surface area contributed by atoms with Crippen molar-refractivity contribution in [2.75, 3.05) is 0 Å². The van der Waals surface area contributed by atoms with E-state index in [1.165, 1.54) is 70.9 Å². The Balaban J connectivity index is 1.76. The molecule has 6 rings (SSSR count). The van der Waals surface area contributed by atoms with Crippen LogP contribution in [0.25, 0.3) is 54.2 Å². The summed E-state index contributed by atoms with van der Waals surface area (Å²) in [6, 6.07) is 29.9. The summed E-state index contributed by atoms with van der Waals surface area (Å²) in [6.07, 6.45) is 0. The predicted molar refractivity (Wildman–Crippen MR) is 173 cm³/mol. The molecule has 6 aromatic rings. The van der Waals surface area contributed by atoms with Gasteiger partial charge in [-0.1, -0.05) is 120 Å². The van der Waals surface area contributed by atoms with E-state index in [-0.39, 0.29) is 10.8 Å². The highest BCUT2D eigenvalue weighted by atomic mass is 28.3. The van der Waals surface area contributed by atoms with Gasteiger partial charge >= 0.3 is 0 Å². The molecule has 1 radical (unpaired) electrons. The van der Waals surface area contributed by atoms with Crippen LogP contribution >= 0.6 is 0 Å². The molecular formula is C37H39OSi. The van der Waals surface area contributed by atoms with E-state index in [9.17, 15) is 0 Å². The average Bonchev–Trinajstić information content (AvgIpc) is 2.88. The van der Waals surface area contributed by atoms with Crippen molar-refractivity contribution in [3.63, 3.8) is 0 Å². The smallest absolute Gasteiger partial charge is 0.205 e. The molecule has 1 nitrogen and oxygen atoms in total. The van der Waals surface area contributed by atoms with Crippen molar-refractivity contribution >= 4 is 52.1 Å². The summed E-state index contributed by atoms with van der Waals surface area (Å²) in [5, 5.41) is 10.7. The minimum Gasteiger partial charge on any atom is -0.413 e. The molecule has 197 valence electrons. The highest BCUT2D eigenvalue weighted by molar-refractivity contribution is 6.48. The summed E-state index contributed by atoms with van der Waals surface area (Å²) >= 11 is 0. The number of fused-ring (bicyclic) bond motifs is 2. The lowest BCUT2D eigenvalue weighted by molar-refractivity contribution is 0.311. The molecule has 39 heavy (non-hydrogen) atoms. The van der Waals surface area contributed by atoms with Crippen LogP contribution in [0, 0.1) is 0 Å². The van der Waals surface area contributed by atoms with E-state index < -0.39 is 9.04 Å². The molecular weight excluding hydrogens is 488 g/mol. The summed E-state index contributed by atoms with van der Waals surface area (Å²) in [5.74, 6) is 0. The molecule has 0 aliphatic rings. The summed E-state index contributed by atoms with van der Waals surface area (Å²) in [7, 11) is -0.835. The molecule has 2 heteroatoms. The zero-order chi connectivity index (χ0) is 27.7. The second kappa shape index (κ2) is 9.18. The first-order valence-corrected chi connectivity index (χ1v) is 16.6. The third-order valence-corrected chi connectivity index (χ3v) is 8.97. The van der Waals surface area contributed by atoms with Gasteiger partial charge < -0.3 is 4.43 Å². The zero-order valence-corrected chi connectivity index (χ0v) is 25.6. The molecule has 0 atom stereocenters. The molecule has 0 saturated carbocycles. The molecule has 0 saturated heterocycles. The molecule has 0 aliphatic heterocycles. The molecule has 0 fully saturated rings. The predicted octanol–water partition coefficient (Wildman–Crippen LogP) is 10.8. The molecule has 0 N–H and O–H groups in total. The van der Waals surface area contributed by atoms with Crippen LogP contribution in [0.3, 0.4) is 0 Å². The normalized spacial score (nSPS) is 13.1. The van der Waals surface area contributed by atoms with Crippen molar-refractivity contribution < 1.29 is 4.43 Å². The molecule has 0 aliphatic carbocycles. The minimum absolute atomic E-state index is 0.00399. The van der Waals surface area contributed by atoms with Crippen molar-refractivity contribution in [2.45, 2.75) is 72.1 Å². The minimum atomic E-state index is -0.835. The van der Waals surface area contributed by atoms with Gasteiger partial charge in [0.05, 0.1) is 6.61 Å². The highest BCUT2D eigenvalue weighted by Crippen LogP contribution is 2.45. The van der Waals surface area contributed by atoms with Gasteiger partial charge in [-0.15, -0.1) is 0 Å². The van der Waals surface area contributed by atoms with E-state index in [1.807, 2.05) is 0 Å². The van der Waals surface area contributed by atoms with Crippen molar-refractivity contribution in [3.05, 3.63) is 95.6 Å². The summed E-state index contributed by atoms with van der Waals surface area (Å²) in [6.45, 7) is 19.1. The van der Waals surface area contributed by atoms with Gasteiger partial charge in [-0.2, -0.15) is 0 Å². The fraction of sp³-hybridized carbons (Fsp3) is 0.297. The Kier molecular flexibility index (Phi) is 6.13. The Morgan fingerprint density at radius 2 is 1.15 bits per heavy atom. The summed E-state index contributed by atoms with van der Waals surface area (Å²) in [5.41, 5.74) is 6.77. The van der Waals surface area contributed by atoms with E-state index in [0.717, 1.165) is 0 Å². The summed E-state index contributed by atoms with van der Waals surface area (Å²) < 4.78 is 6.43. The number of benzene rings is 6. The number of hydrogen-bond donors (Lipinski definition) is 0. The second-order valence-corrected chi connectivity index (χ2v) is 15.5. The van der Waals surface area contributed by atoms with Gasteiger partial charge in [0.2, 0.25) is 9.04 Å². The molecule has 0 bridgehead atoms. The van der Waals surface area contributed by atoms with Crippen LogP contribution in [0.4, 0.5) is 0 Å². The maximum atomic E-state index is 6.43. The molecule has 0 spiro atoms. The van der Waals surface area contributed by atoms with E-state index in [4.69, 9.17) is 4.43 Å². The lowest BCUT2D eigenvalue weighted by Crippen LogP contribution is -2.21. The fourth-order valence-corrected chi connectivity index (χ4v) is 6.70. The first-order valence-electron chi connectivity index (χ1n) is 14.1. The number of hydrogen-bond acceptors (Lipinski definition) is 1. The highest BCUT2D eigenvalue weighted by Gasteiger charge is 2.27. The van der Waals surface area contributed by atoms with Crippen molar-refractivity contribution in [1.82, 2.24) is 0 Å². The first-order chi connectivity index (χ1) is 18.4. The molecule has 6 aromatic carbocycles. The summed E-state index contributed by atoms with van der Waals surface area (Å²) in [4.78, 5) is 0. The molecule has 0 unspecified atom stereocenters. The lowest BCUT2D eigenvalue weighted by Gasteiger charge is -2.30. The largest absolute Gasteiger partial charge is 0.413 e. The molecule has 0 heterocycles. The Morgan fingerprint density at radius 3 is 1.74 bits per heavy atom. The van der Waals surface area contributed by atoms with E-state index >= 15 is 0 Å². The number of rotatable bonds is 4. The van der Waals surface area contributed by atoms with Gasteiger partial charge in [-0.05, 0) is 94.8 Å². The Morgan fingerprint density at radius 1 is 0.590 bits per heavy atom. The second-order valence-electron chi connectivity index (χ2n) is 13.3. The van der Waals surface area contributed by atoms with E-state index in [0.29, 0.717) is 6.61 Å². The van der Waals surface area contributed by atoms with Gasteiger partial charge in [0.1, 0.15) is 0 Å². The van der Waals surface area contributed by atoms with Gasteiger partial charge in [-0.25, -0.2) is 0 Å². The third kappa shape index (κ3) is 4.35. The van der Waals surface area contributed by atoms with Crippen molar-refractivity contribution in [1.29, 1.82) is 0 Å². The first kappa shape index (κ1) is 26.0. The van der Waals surface area contributed by atoms with Crippen LogP contribution in [-0.2, 0) is 21.9 Å². The van der Waals surface area contributed by atoms with Crippen LogP contribution in [0.15, 0.2) is 78.9 Å². The van der Waals surface area contributed by atoms with Crippen molar-refractivity contribution in [2.24, 2.45) is 0 Å². The van der Waals surface area contributed by atoms with Crippen LogP contribution in [0.5, 0.6) is 0 Å². The van der Waals surface area contributed by atoms with Crippen LogP contribution in [0.2, 0.25) is 13.1 Å². The van der Waals surface area contributed by atoms with Gasteiger partial charge in [-0.3, -0.25) is 0 Å². The lowest BCUT2D eigenvalue weighted by atomic mass is 9.75. The zero-order valence-electron chi connectivity index (χ0n) is 24.6. The Hall–Kier alpha value is -3.20. The maximum Gasteiger partial charge on any atom is 0.205 e. The third-order valence-electron chi connectivity index (χ3n) is 8.24. The Bertz CT molecular complexity index is 1800. The Labute approximate surface area is 234 Å². The van der Waals surface area contributed by atoms with E-state index in [1.54, 1.807) is 0 Å². The van der Waals surface area contributed by atoms with Crippen LogP contribution in [-0.4, -0.2) is 9.04 Å². The van der Waals surface area contributed by atoms with Gasteiger partial charge in [0.15, 0.2) is 0 Å². The van der Waals surface area contributed by atoms with E-state index in [2.05, 4.69) is 133 Å². The van der Waals surface area contributed by atoms with Crippen molar-refractivity contribution in [3.8, 4) is 11.1 Å². The quantitative estimate of drug-likeness (QED) is 0.126. The van der Waals surface area contributed by atoms with Gasteiger partial charge in [0, 0.05) is 0 Å². The fourth-order valence-electron chi connectivity index (χ4n) is 6.27. The van der Waals surface area contributed by atoms with Gasteiger partial charge in [0.25, 0.3) is 0 Å². The standard InChI is InChI=1S/C37H39OSi/c1-36(2,3)24-20-31(32(22-38-39(7)8)33(21-24)37(4,5)6)25-18-19-30-28-15-10-13-23-12-9-14-27(34(23)28)29-17-11-16-26(25)35(29)30/h9-21H,22H2,1-8H3.